The highest BCUT2D eigenvalue weighted by atomic mass is 16.4. The molecule has 5 heteroatoms. The minimum Gasteiger partial charge on any atom is -0.479 e. The molecule has 0 saturated heterocycles. The molecule has 0 fully saturated rings. The highest BCUT2D eigenvalue weighted by Gasteiger charge is 2.22. The van der Waals surface area contributed by atoms with Gasteiger partial charge in [0.05, 0.1) is 18.2 Å². The highest BCUT2D eigenvalue weighted by Crippen LogP contribution is 2.19. The van der Waals surface area contributed by atoms with Crippen LogP contribution in [0.1, 0.15) is 18.7 Å². The molecule has 1 atom stereocenters. The van der Waals surface area contributed by atoms with E-state index in [1.165, 1.54) is 0 Å². The Morgan fingerprint density at radius 2 is 2.17 bits per heavy atom. The summed E-state index contributed by atoms with van der Waals surface area (Å²) in [4.78, 5) is 15.4. The minimum atomic E-state index is -0.922. The lowest BCUT2D eigenvalue weighted by molar-refractivity contribution is -0.138. The number of aryl methyl sites for hydroxylation is 1. The standard InChI is InChI=1S/C13H15N3O2/c1-2-16-9-14-8-11(16)12(13(17)18)15-10-6-4-3-5-7-10/h3-9,12,15H,2H2,1H3,(H,17,18). The van der Waals surface area contributed by atoms with E-state index in [4.69, 9.17) is 0 Å². The predicted molar refractivity (Wildman–Crippen MR) is 68.3 cm³/mol. The van der Waals surface area contributed by atoms with Gasteiger partial charge in [-0.2, -0.15) is 0 Å². The van der Waals surface area contributed by atoms with Crippen molar-refractivity contribution in [2.45, 2.75) is 19.5 Å². The molecule has 0 radical (unpaired) electrons. The van der Waals surface area contributed by atoms with Crippen LogP contribution in [0, 0.1) is 0 Å². The van der Waals surface area contributed by atoms with Crippen molar-refractivity contribution in [2.24, 2.45) is 0 Å². The summed E-state index contributed by atoms with van der Waals surface area (Å²) in [5.74, 6) is -0.922. The van der Waals surface area contributed by atoms with Gasteiger partial charge in [-0.1, -0.05) is 18.2 Å². The van der Waals surface area contributed by atoms with Gasteiger partial charge in [-0.25, -0.2) is 9.78 Å². The SMILES string of the molecule is CCn1cncc1C(Nc1ccccc1)C(=O)O. The smallest absolute Gasteiger partial charge is 0.332 e. The first-order chi connectivity index (χ1) is 8.72. The summed E-state index contributed by atoms with van der Waals surface area (Å²) in [7, 11) is 0. The third kappa shape index (κ3) is 2.51. The van der Waals surface area contributed by atoms with Crippen molar-refractivity contribution in [3.05, 3.63) is 48.5 Å². The highest BCUT2D eigenvalue weighted by molar-refractivity contribution is 5.78. The van der Waals surface area contributed by atoms with E-state index in [-0.39, 0.29) is 0 Å². The third-order valence-corrected chi connectivity index (χ3v) is 2.71. The Balaban J connectivity index is 2.27. The largest absolute Gasteiger partial charge is 0.479 e. The van der Waals surface area contributed by atoms with E-state index in [2.05, 4.69) is 10.3 Å². The van der Waals surface area contributed by atoms with Gasteiger partial charge in [-0.15, -0.1) is 0 Å². The number of carboxylic acid groups (broad SMARTS) is 1. The van der Waals surface area contributed by atoms with Gasteiger partial charge in [0.1, 0.15) is 0 Å². The maximum Gasteiger partial charge on any atom is 0.332 e. The maximum absolute atomic E-state index is 11.4. The fourth-order valence-electron chi connectivity index (χ4n) is 1.80. The van der Waals surface area contributed by atoms with E-state index in [0.29, 0.717) is 12.2 Å². The van der Waals surface area contributed by atoms with Gasteiger partial charge < -0.3 is 15.0 Å². The first kappa shape index (κ1) is 12.2. The molecule has 0 aliphatic rings. The number of benzene rings is 1. The Kier molecular flexibility index (Phi) is 3.62. The summed E-state index contributed by atoms with van der Waals surface area (Å²) in [5, 5.41) is 12.3. The first-order valence-corrected chi connectivity index (χ1v) is 5.76. The number of carbonyl (C=O) groups is 1. The molecular formula is C13H15N3O2. The van der Waals surface area contributed by atoms with Gasteiger partial charge in [0.2, 0.25) is 0 Å². The molecule has 2 aromatic rings. The van der Waals surface area contributed by atoms with Crippen molar-refractivity contribution >= 4 is 11.7 Å². The third-order valence-electron chi connectivity index (χ3n) is 2.71. The first-order valence-electron chi connectivity index (χ1n) is 5.76. The van der Waals surface area contributed by atoms with Crippen molar-refractivity contribution in [2.75, 3.05) is 5.32 Å². The molecule has 5 nitrogen and oxygen atoms in total. The van der Waals surface area contributed by atoms with E-state index in [1.54, 1.807) is 12.5 Å². The number of imidazole rings is 1. The van der Waals surface area contributed by atoms with Crippen LogP contribution in [-0.4, -0.2) is 20.6 Å². The maximum atomic E-state index is 11.4. The average molecular weight is 245 g/mol. The number of carboxylic acids is 1. The van der Waals surface area contributed by atoms with Crippen LogP contribution in [0.4, 0.5) is 5.69 Å². The van der Waals surface area contributed by atoms with Gasteiger partial charge in [-0.3, -0.25) is 0 Å². The number of nitrogens with zero attached hydrogens (tertiary/aromatic N) is 2. The second-order valence-electron chi connectivity index (χ2n) is 3.89. The summed E-state index contributed by atoms with van der Waals surface area (Å²) < 4.78 is 1.81. The zero-order chi connectivity index (χ0) is 13.0. The average Bonchev–Trinajstić information content (AvgIpc) is 2.84. The molecule has 0 aliphatic carbocycles. The van der Waals surface area contributed by atoms with E-state index >= 15 is 0 Å². The van der Waals surface area contributed by atoms with Crippen LogP contribution in [0.25, 0.3) is 0 Å². The second kappa shape index (κ2) is 5.35. The molecule has 1 aromatic carbocycles. The van der Waals surface area contributed by atoms with Crippen molar-refractivity contribution in [1.82, 2.24) is 9.55 Å². The second-order valence-corrected chi connectivity index (χ2v) is 3.89. The molecular weight excluding hydrogens is 230 g/mol. The van der Waals surface area contributed by atoms with E-state index in [1.807, 2.05) is 41.8 Å². The fraction of sp³-hybridized carbons (Fsp3) is 0.231. The number of hydrogen-bond donors (Lipinski definition) is 2. The molecule has 94 valence electrons. The molecule has 0 aliphatic heterocycles. The van der Waals surface area contributed by atoms with Crippen LogP contribution >= 0.6 is 0 Å². The number of anilines is 1. The summed E-state index contributed by atoms with van der Waals surface area (Å²) in [5.41, 5.74) is 1.42. The summed E-state index contributed by atoms with van der Waals surface area (Å²) in [6, 6.07) is 8.48. The monoisotopic (exact) mass is 245 g/mol. The quantitative estimate of drug-likeness (QED) is 0.847. The van der Waals surface area contributed by atoms with Crippen LogP contribution in [-0.2, 0) is 11.3 Å². The normalized spacial score (nSPS) is 12.1. The molecule has 1 heterocycles. The van der Waals surface area contributed by atoms with Gasteiger partial charge in [0, 0.05) is 12.2 Å². The Labute approximate surface area is 105 Å². The number of hydrogen-bond acceptors (Lipinski definition) is 3. The van der Waals surface area contributed by atoms with Crippen molar-refractivity contribution in [3.8, 4) is 0 Å². The van der Waals surface area contributed by atoms with E-state index < -0.39 is 12.0 Å². The number of aliphatic carboxylic acids is 1. The van der Waals surface area contributed by atoms with Gasteiger partial charge >= 0.3 is 5.97 Å². The Hall–Kier alpha value is -2.30. The summed E-state index contributed by atoms with van der Waals surface area (Å²) in [6.07, 6.45) is 3.22. The zero-order valence-electron chi connectivity index (χ0n) is 10.1. The molecule has 2 rings (SSSR count). The van der Waals surface area contributed by atoms with Gasteiger partial charge in [-0.05, 0) is 19.1 Å². The lowest BCUT2D eigenvalue weighted by Gasteiger charge is -2.17. The number of nitrogens with one attached hydrogen (secondary N) is 1. The fourth-order valence-corrected chi connectivity index (χ4v) is 1.80. The Bertz CT molecular complexity index is 522. The predicted octanol–water partition coefficient (Wildman–Crippen LogP) is 2.14. The van der Waals surface area contributed by atoms with E-state index in [0.717, 1.165) is 5.69 Å². The molecule has 0 bridgehead atoms. The molecule has 18 heavy (non-hydrogen) atoms. The van der Waals surface area contributed by atoms with Crippen molar-refractivity contribution in [3.63, 3.8) is 0 Å². The number of aromatic nitrogens is 2. The van der Waals surface area contributed by atoms with Crippen LogP contribution < -0.4 is 5.32 Å². The Morgan fingerprint density at radius 3 is 2.78 bits per heavy atom. The van der Waals surface area contributed by atoms with Crippen LogP contribution in [0.3, 0.4) is 0 Å². The molecule has 0 amide bonds. The van der Waals surface area contributed by atoms with Gasteiger partial charge in [0.15, 0.2) is 6.04 Å². The molecule has 0 saturated carbocycles. The summed E-state index contributed by atoms with van der Waals surface area (Å²) in [6.45, 7) is 2.64. The Morgan fingerprint density at radius 1 is 1.44 bits per heavy atom. The topological polar surface area (TPSA) is 67.2 Å². The number of para-hydroxylation sites is 1. The molecule has 1 unspecified atom stereocenters. The molecule has 1 aromatic heterocycles. The van der Waals surface area contributed by atoms with Crippen LogP contribution in [0.2, 0.25) is 0 Å². The van der Waals surface area contributed by atoms with E-state index in [9.17, 15) is 9.90 Å². The lowest BCUT2D eigenvalue weighted by Crippen LogP contribution is -2.23. The summed E-state index contributed by atoms with van der Waals surface area (Å²) >= 11 is 0. The number of rotatable bonds is 5. The minimum absolute atomic E-state index is 0.647. The zero-order valence-corrected chi connectivity index (χ0v) is 10.1. The van der Waals surface area contributed by atoms with Crippen molar-refractivity contribution in [1.29, 1.82) is 0 Å². The molecule has 0 spiro atoms. The van der Waals surface area contributed by atoms with Gasteiger partial charge in [0.25, 0.3) is 0 Å². The molecule has 2 N–H and O–H groups in total. The van der Waals surface area contributed by atoms with Crippen molar-refractivity contribution < 1.29 is 9.90 Å². The lowest BCUT2D eigenvalue weighted by atomic mass is 10.2. The van der Waals surface area contributed by atoms with Crippen LogP contribution in [0.15, 0.2) is 42.9 Å². The van der Waals surface area contributed by atoms with Crippen LogP contribution in [0.5, 0.6) is 0 Å².